The Hall–Kier alpha value is -3.33. The van der Waals surface area contributed by atoms with Gasteiger partial charge in [0.25, 0.3) is 0 Å². The summed E-state index contributed by atoms with van der Waals surface area (Å²) in [5.41, 5.74) is 11.5. The summed E-state index contributed by atoms with van der Waals surface area (Å²) in [5.74, 6) is -0.396. The molecule has 18 nitrogen and oxygen atoms in total. The van der Waals surface area contributed by atoms with Gasteiger partial charge in [0, 0.05) is 12.8 Å². The van der Waals surface area contributed by atoms with Gasteiger partial charge >= 0.3 is 20.3 Å². The van der Waals surface area contributed by atoms with Crippen LogP contribution in [0.15, 0.2) is 12.7 Å². The van der Waals surface area contributed by atoms with Crippen molar-refractivity contribution in [2.75, 3.05) is 18.6 Å². The van der Waals surface area contributed by atoms with Crippen molar-refractivity contribution in [1.29, 1.82) is 0 Å². The number of anilines is 2. The van der Waals surface area contributed by atoms with E-state index in [1.807, 2.05) is 0 Å². The summed E-state index contributed by atoms with van der Waals surface area (Å²) in [5, 5.41) is 21.2. The summed E-state index contributed by atoms with van der Waals surface area (Å²) in [4.78, 5) is 33.1. The standard InChI is InChI=1S/C19H22F2N10O8P/c1-35-40(34,38-8-2-6(32)16(36-8)30-4-24-10-12(22)26-18(20)28-14(10)30)39-9-3-7(33)17(37-9)31-5-25-11-13(23)27-19(21)29-15(11)31/h4-9,16-17,32-34H,2-3H2,1H3,(H2,22,26,28)(H2,23,27,29)/q+1. The highest BCUT2D eigenvalue weighted by Crippen LogP contribution is 2.61. The molecular weight excluding hydrogens is 565 g/mol. The molecule has 0 saturated carbocycles. The third-order valence-corrected chi connectivity index (χ3v) is 7.70. The van der Waals surface area contributed by atoms with E-state index < -0.39 is 57.6 Å². The maximum Gasteiger partial charge on any atom is 0.577 e. The van der Waals surface area contributed by atoms with Crippen LogP contribution in [-0.2, 0) is 23.0 Å². The van der Waals surface area contributed by atoms with Gasteiger partial charge < -0.3 is 31.2 Å². The lowest BCUT2D eigenvalue weighted by atomic mass is 10.2. The lowest BCUT2D eigenvalue weighted by molar-refractivity contribution is -0.152. The summed E-state index contributed by atoms with van der Waals surface area (Å²) < 4.78 is 57.5. The molecule has 0 radical (unpaired) electrons. The molecule has 2 aliphatic heterocycles. The van der Waals surface area contributed by atoms with Crippen LogP contribution in [-0.4, -0.2) is 86.0 Å². The van der Waals surface area contributed by atoms with E-state index in [-0.39, 0.29) is 46.8 Å². The summed E-state index contributed by atoms with van der Waals surface area (Å²) in [6.07, 6.45) is -7.27. The van der Waals surface area contributed by atoms with Crippen LogP contribution in [0.25, 0.3) is 22.3 Å². The number of aromatic nitrogens is 8. The van der Waals surface area contributed by atoms with Gasteiger partial charge in [0.05, 0.1) is 19.8 Å². The number of nitrogen functional groups attached to an aromatic ring is 2. The third kappa shape index (κ3) is 4.68. The number of nitrogens with zero attached hydrogens (tertiary/aromatic N) is 8. The predicted octanol–water partition coefficient (Wildman–Crippen LogP) is -0.330. The molecule has 21 heteroatoms. The van der Waals surface area contributed by atoms with E-state index in [2.05, 4.69) is 29.9 Å². The fourth-order valence-electron chi connectivity index (χ4n) is 4.47. The number of aliphatic hydroxyl groups is 2. The van der Waals surface area contributed by atoms with Gasteiger partial charge in [-0.05, 0) is 0 Å². The Labute approximate surface area is 222 Å². The number of hydrogen-bond donors (Lipinski definition) is 5. The van der Waals surface area contributed by atoms with Gasteiger partial charge in [-0.2, -0.15) is 38.1 Å². The van der Waals surface area contributed by atoms with Crippen molar-refractivity contribution >= 4 is 42.1 Å². The third-order valence-electron chi connectivity index (χ3n) is 6.23. The number of aliphatic hydroxyl groups excluding tert-OH is 2. The van der Waals surface area contributed by atoms with Crippen LogP contribution >= 0.6 is 8.17 Å². The second-order valence-corrected chi connectivity index (χ2v) is 10.5. The average molecular weight is 587 g/mol. The fourth-order valence-corrected chi connectivity index (χ4v) is 5.56. The quantitative estimate of drug-likeness (QED) is 0.137. The van der Waals surface area contributed by atoms with Crippen LogP contribution in [0.4, 0.5) is 20.4 Å². The maximum absolute atomic E-state index is 13.7. The van der Waals surface area contributed by atoms with Gasteiger partial charge in [-0.3, -0.25) is 9.13 Å². The molecule has 6 rings (SSSR count). The van der Waals surface area contributed by atoms with E-state index in [0.29, 0.717) is 0 Å². The highest BCUT2D eigenvalue weighted by atomic mass is 31.2. The molecule has 0 spiro atoms. The van der Waals surface area contributed by atoms with E-state index in [1.165, 1.54) is 21.8 Å². The Bertz CT molecular complexity index is 1470. The zero-order valence-corrected chi connectivity index (χ0v) is 21.2. The average Bonchev–Trinajstić information content (AvgIpc) is 3.64. The molecule has 40 heavy (non-hydrogen) atoms. The van der Waals surface area contributed by atoms with Crippen molar-refractivity contribution in [2.45, 2.75) is 50.1 Å². The van der Waals surface area contributed by atoms with Gasteiger partial charge in [0.1, 0.15) is 12.2 Å². The van der Waals surface area contributed by atoms with Crippen LogP contribution in [0, 0.1) is 12.2 Å². The predicted molar refractivity (Wildman–Crippen MR) is 127 cm³/mol. The van der Waals surface area contributed by atoms with Crippen molar-refractivity contribution in [3.05, 3.63) is 24.8 Å². The Kier molecular flexibility index (Phi) is 6.68. The minimum Gasteiger partial charge on any atom is -0.388 e. The Morgan fingerprint density at radius 1 is 0.850 bits per heavy atom. The van der Waals surface area contributed by atoms with E-state index in [1.54, 1.807) is 0 Å². The smallest absolute Gasteiger partial charge is 0.388 e. The molecule has 0 aromatic carbocycles. The lowest BCUT2D eigenvalue weighted by Crippen LogP contribution is -2.21. The number of fused-ring (bicyclic) bond motifs is 2. The molecule has 0 bridgehead atoms. The molecule has 6 unspecified atom stereocenters. The summed E-state index contributed by atoms with van der Waals surface area (Å²) in [6.45, 7) is 0. The van der Waals surface area contributed by atoms with Crippen LogP contribution in [0.2, 0.25) is 0 Å². The first-order chi connectivity index (χ1) is 19.0. The maximum atomic E-state index is 13.7. The first-order valence-electron chi connectivity index (χ1n) is 11.6. The van der Waals surface area contributed by atoms with Crippen molar-refractivity contribution in [3.8, 4) is 0 Å². The van der Waals surface area contributed by atoms with Gasteiger partial charge in [-0.15, -0.1) is 9.05 Å². The first-order valence-corrected chi connectivity index (χ1v) is 13.1. The van der Waals surface area contributed by atoms with Gasteiger partial charge in [-0.25, -0.2) is 9.97 Å². The van der Waals surface area contributed by atoms with Gasteiger partial charge in [0.15, 0.2) is 46.4 Å². The largest absolute Gasteiger partial charge is 0.577 e. The molecule has 4 aromatic heterocycles. The minimum absolute atomic E-state index is 0.0268. The SMILES string of the molecule is CO[P+](O)(OC1CC(O)C(n2cnc3c(N)nc(F)nc32)O1)OC1CC(O)C(n2cnc3c(N)nc(F)nc32)O1. The van der Waals surface area contributed by atoms with E-state index >= 15 is 0 Å². The Morgan fingerprint density at radius 3 is 1.68 bits per heavy atom. The summed E-state index contributed by atoms with van der Waals surface area (Å²) >= 11 is 0. The molecule has 2 fully saturated rings. The highest BCUT2D eigenvalue weighted by molar-refractivity contribution is 7.55. The number of rotatable bonds is 7. The molecule has 0 aliphatic carbocycles. The molecule has 2 saturated heterocycles. The molecule has 6 heterocycles. The molecule has 0 amide bonds. The highest BCUT2D eigenvalue weighted by Gasteiger charge is 2.55. The topological polar surface area (TPSA) is 246 Å². The number of ether oxygens (including phenoxy) is 2. The van der Waals surface area contributed by atoms with Crippen molar-refractivity contribution in [3.63, 3.8) is 0 Å². The van der Waals surface area contributed by atoms with E-state index in [4.69, 9.17) is 34.5 Å². The van der Waals surface area contributed by atoms with Crippen LogP contribution < -0.4 is 11.5 Å². The van der Waals surface area contributed by atoms with Crippen molar-refractivity contribution in [2.24, 2.45) is 0 Å². The molecule has 4 aromatic rings. The van der Waals surface area contributed by atoms with Crippen molar-refractivity contribution < 1.29 is 46.9 Å². The van der Waals surface area contributed by atoms with Gasteiger partial charge in [0.2, 0.25) is 12.6 Å². The van der Waals surface area contributed by atoms with E-state index in [9.17, 15) is 23.9 Å². The summed E-state index contributed by atoms with van der Waals surface area (Å²) in [6, 6.07) is 0. The number of hydrogen-bond acceptors (Lipinski definition) is 16. The molecule has 7 N–H and O–H groups in total. The van der Waals surface area contributed by atoms with Gasteiger partial charge in [-0.1, -0.05) is 0 Å². The number of imidazole rings is 2. The molecule has 2 aliphatic rings. The summed E-state index contributed by atoms with van der Waals surface area (Å²) in [7, 11) is -3.06. The van der Waals surface area contributed by atoms with Crippen LogP contribution in [0.3, 0.4) is 0 Å². The van der Waals surface area contributed by atoms with Crippen LogP contribution in [0.1, 0.15) is 25.3 Å². The molecule has 214 valence electrons. The molecular formula is C19H22F2N10O8P+. The number of halogens is 2. The van der Waals surface area contributed by atoms with E-state index in [0.717, 1.165) is 7.11 Å². The van der Waals surface area contributed by atoms with Crippen LogP contribution in [0.5, 0.6) is 0 Å². The second kappa shape index (κ2) is 9.94. The fraction of sp³-hybridized carbons (Fsp3) is 0.474. The first kappa shape index (κ1) is 26.9. The minimum atomic E-state index is -4.17. The molecule has 6 atom stereocenters. The monoisotopic (exact) mass is 587 g/mol. The normalized spacial score (nSPS) is 28.6. The lowest BCUT2D eigenvalue weighted by Gasteiger charge is -2.20. The Morgan fingerprint density at radius 2 is 1.27 bits per heavy atom. The van der Waals surface area contributed by atoms with Crippen molar-refractivity contribution in [1.82, 2.24) is 39.0 Å². The zero-order valence-electron chi connectivity index (χ0n) is 20.4. The number of nitrogens with two attached hydrogens (primary N) is 2. The Balaban J connectivity index is 1.15. The zero-order chi connectivity index (χ0) is 28.3. The second-order valence-electron chi connectivity index (χ2n) is 8.78.